The van der Waals surface area contributed by atoms with Crippen molar-refractivity contribution in [3.63, 3.8) is 0 Å². The van der Waals surface area contributed by atoms with Crippen LogP contribution in [0.1, 0.15) is 283 Å². The molecular weight excluding hydrogens is 686 g/mol. The molecule has 326 valence electrons. The molecule has 0 aliphatic heterocycles. The summed E-state index contributed by atoms with van der Waals surface area (Å²) in [5.41, 5.74) is 3.64. The van der Waals surface area contributed by atoms with Gasteiger partial charge in [0.2, 0.25) is 0 Å². The number of unbranched alkanes of at least 4 members (excludes halogenated alkanes) is 33. The van der Waals surface area contributed by atoms with Crippen molar-refractivity contribution >= 4 is 0 Å². The van der Waals surface area contributed by atoms with Crippen molar-refractivity contribution in [1.82, 2.24) is 0 Å². The zero-order valence-electron chi connectivity index (χ0n) is 38.9. The molecule has 0 saturated heterocycles. The van der Waals surface area contributed by atoms with E-state index in [1.54, 1.807) is 11.1 Å². The van der Waals surface area contributed by atoms with Gasteiger partial charge in [-0.2, -0.15) is 0 Å². The Bertz CT molecular complexity index is 909. The Kier molecular flexibility index (Phi) is 38.6. The third kappa shape index (κ3) is 27.0. The Labute approximate surface area is 355 Å². The van der Waals surface area contributed by atoms with E-state index in [4.69, 9.17) is 0 Å². The smallest absolute Gasteiger partial charge is 0.125 e. The topological polar surface area (TPSA) is 0 Å². The van der Waals surface area contributed by atoms with E-state index in [0.717, 1.165) is 4.48 Å². The SMILES string of the molecule is CCCCCCCCCCCCCCCCC(CCCCCCCCCCCCCC)(c1ccccc1CCCCCCCCCCCC)[N+](C)(C)CC.[Cl-]. The third-order valence-corrected chi connectivity index (χ3v) is 13.7. The number of rotatable bonds is 42. The van der Waals surface area contributed by atoms with E-state index in [-0.39, 0.29) is 17.9 Å². The first kappa shape index (κ1) is 54.5. The molecule has 0 bridgehead atoms. The molecule has 1 rings (SSSR count). The van der Waals surface area contributed by atoms with Crippen molar-refractivity contribution in [3.8, 4) is 0 Å². The van der Waals surface area contributed by atoms with Crippen LogP contribution in [0.3, 0.4) is 0 Å². The summed E-state index contributed by atoms with van der Waals surface area (Å²) in [6.07, 6.45) is 55.6. The number of quaternary nitrogens is 1. The lowest BCUT2D eigenvalue weighted by Crippen LogP contribution is -3.00. The summed E-state index contributed by atoms with van der Waals surface area (Å²) >= 11 is 0. The summed E-state index contributed by atoms with van der Waals surface area (Å²) in [5.74, 6) is 0. The summed E-state index contributed by atoms with van der Waals surface area (Å²) in [7, 11) is 5.17. The lowest BCUT2D eigenvalue weighted by atomic mass is 9.74. The third-order valence-electron chi connectivity index (χ3n) is 13.7. The van der Waals surface area contributed by atoms with Gasteiger partial charge in [-0.15, -0.1) is 0 Å². The first-order valence-electron chi connectivity index (χ1n) is 25.4. The molecule has 0 spiro atoms. The quantitative estimate of drug-likeness (QED) is 0.0457. The van der Waals surface area contributed by atoms with E-state index in [9.17, 15) is 0 Å². The number of benzene rings is 1. The molecule has 0 N–H and O–H groups in total. The normalized spacial score (nSPS) is 12.9. The minimum absolute atomic E-state index is 0. The maximum absolute atomic E-state index is 2.59. The van der Waals surface area contributed by atoms with Crippen molar-refractivity contribution in [1.29, 1.82) is 0 Å². The fourth-order valence-corrected chi connectivity index (χ4v) is 9.49. The first-order valence-corrected chi connectivity index (χ1v) is 25.4. The van der Waals surface area contributed by atoms with Crippen molar-refractivity contribution in [2.75, 3.05) is 20.6 Å². The highest BCUT2D eigenvalue weighted by Gasteiger charge is 2.46. The largest absolute Gasteiger partial charge is 1.00 e. The summed E-state index contributed by atoms with van der Waals surface area (Å²) in [6, 6.07) is 9.85. The van der Waals surface area contributed by atoms with Crippen LogP contribution in [0.5, 0.6) is 0 Å². The summed E-state index contributed by atoms with van der Waals surface area (Å²) < 4.78 is 1.14. The molecule has 0 heterocycles. The van der Waals surface area contributed by atoms with Gasteiger partial charge in [0.05, 0.1) is 20.6 Å². The predicted molar refractivity (Wildman–Crippen MR) is 247 cm³/mol. The van der Waals surface area contributed by atoms with E-state index >= 15 is 0 Å². The van der Waals surface area contributed by atoms with Gasteiger partial charge in [-0.05, 0) is 38.2 Å². The number of nitrogens with zero attached hydrogens (tertiary/aromatic N) is 1. The molecule has 1 aromatic carbocycles. The van der Waals surface area contributed by atoms with Gasteiger partial charge in [0, 0.05) is 18.4 Å². The molecule has 1 nitrogen and oxygen atoms in total. The minimum atomic E-state index is 0. The maximum Gasteiger partial charge on any atom is 0.125 e. The second kappa shape index (κ2) is 39.0. The van der Waals surface area contributed by atoms with Gasteiger partial charge in [-0.1, -0.05) is 257 Å². The van der Waals surface area contributed by atoms with Crippen LogP contribution in [0, 0.1) is 0 Å². The molecule has 0 aliphatic carbocycles. The molecule has 55 heavy (non-hydrogen) atoms. The Morgan fingerprint density at radius 3 is 0.945 bits per heavy atom. The Morgan fingerprint density at radius 1 is 0.364 bits per heavy atom. The average Bonchev–Trinajstić information content (AvgIpc) is 3.18. The average molecular weight is 789 g/mol. The van der Waals surface area contributed by atoms with Crippen LogP contribution < -0.4 is 12.4 Å². The molecule has 0 aliphatic rings. The lowest BCUT2D eigenvalue weighted by molar-refractivity contribution is -0.950. The van der Waals surface area contributed by atoms with Crippen LogP contribution in [-0.4, -0.2) is 25.1 Å². The van der Waals surface area contributed by atoms with E-state index in [1.807, 2.05) is 0 Å². The van der Waals surface area contributed by atoms with Crippen LogP contribution in [0.2, 0.25) is 0 Å². The molecule has 1 aromatic rings. The lowest BCUT2D eigenvalue weighted by Gasteiger charge is -2.50. The Hall–Kier alpha value is -0.530. The monoisotopic (exact) mass is 788 g/mol. The van der Waals surface area contributed by atoms with Crippen LogP contribution in [0.25, 0.3) is 0 Å². The standard InChI is InChI=1S/C53H102N.ClH/c1-7-11-14-17-20-23-26-28-29-31-34-37-40-45-50-53(54(5,6)10-4,49-44-39-36-33-30-27-24-21-18-15-12-8-2)52-48-43-42-47-51(52)46-41-38-35-32-25-22-19-16-13-9-3;/h42-43,47-48H,7-41,44-46,49-50H2,1-6H3;1H/q+1;/p-1. The van der Waals surface area contributed by atoms with Crippen molar-refractivity contribution < 1.29 is 16.9 Å². The number of halogens is 1. The second-order valence-corrected chi connectivity index (χ2v) is 18.6. The van der Waals surface area contributed by atoms with Gasteiger partial charge in [0.15, 0.2) is 0 Å². The molecule has 0 fully saturated rings. The summed E-state index contributed by atoms with van der Waals surface area (Å²) in [5, 5.41) is 0. The Morgan fingerprint density at radius 2 is 0.636 bits per heavy atom. The van der Waals surface area contributed by atoms with Crippen LogP contribution >= 0.6 is 0 Å². The molecule has 0 aromatic heterocycles. The van der Waals surface area contributed by atoms with E-state index in [2.05, 4.69) is 66.1 Å². The van der Waals surface area contributed by atoms with Gasteiger partial charge in [0.1, 0.15) is 5.54 Å². The molecule has 0 amide bonds. The van der Waals surface area contributed by atoms with Gasteiger partial charge >= 0.3 is 0 Å². The van der Waals surface area contributed by atoms with Crippen molar-refractivity contribution in [2.45, 2.75) is 284 Å². The Balaban J connectivity index is 0.0000292. The highest BCUT2D eigenvalue weighted by molar-refractivity contribution is 5.33. The molecule has 1 atom stereocenters. The molecular formula is C53H102ClN. The number of hydrogen-bond donors (Lipinski definition) is 0. The van der Waals surface area contributed by atoms with Crippen LogP contribution in [-0.2, 0) is 12.0 Å². The minimum Gasteiger partial charge on any atom is -1.00 e. The second-order valence-electron chi connectivity index (χ2n) is 18.6. The molecule has 1 unspecified atom stereocenters. The first-order chi connectivity index (χ1) is 26.5. The highest BCUT2D eigenvalue weighted by Crippen LogP contribution is 2.44. The van der Waals surface area contributed by atoms with Crippen LogP contribution in [0.4, 0.5) is 0 Å². The zero-order valence-corrected chi connectivity index (χ0v) is 39.7. The van der Waals surface area contributed by atoms with E-state index in [0.29, 0.717) is 0 Å². The van der Waals surface area contributed by atoms with E-state index < -0.39 is 0 Å². The molecule has 0 radical (unpaired) electrons. The highest BCUT2D eigenvalue weighted by atomic mass is 35.5. The van der Waals surface area contributed by atoms with Crippen molar-refractivity contribution in [3.05, 3.63) is 35.4 Å². The summed E-state index contributed by atoms with van der Waals surface area (Å²) in [6.45, 7) is 10.6. The summed E-state index contributed by atoms with van der Waals surface area (Å²) in [4.78, 5) is 0. The number of aryl methyl sites for hydroxylation is 1. The van der Waals surface area contributed by atoms with Gasteiger partial charge in [-0.3, -0.25) is 0 Å². The predicted octanol–water partition coefficient (Wildman–Crippen LogP) is 15.4. The zero-order chi connectivity index (χ0) is 39.3. The van der Waals surface area contributed by atoms with Gasteiger partial charge < -0.3 is 16.9 Å². The number of hydrogen-bond acceptors (Lipinski definition) is 0. The van der Waals surface area contributed by atoms with Crippen LogP contribution in [0.15, 0.2) is 24.3 Å². The molecule has 2 heteroatoms. The van der Waals surface area contributed by atoms with Gasteiger partial charge in [-0.25, -0.2) is 0 Å². The van der Waals surface area contributed by atoms with E-state index in [1.165, 1.54) is 257 Å². The van der Waals surface area contributed by atoms with Gasteiger partial charge in [0.25, 0.3) is 0 Å². The molecule has 0 saturated carbocycles. The maximum atomic E-state index is 2.59. The fraction of sp³-hybridized carbons (Fsp3) is 0.887. The van der Waals surface area contributed by atoms with Crippen molar-refractivity contribution in [2.24, 2.45) is 0 Å². The fourth-order valence-electron chi connectivity index (χ4n) is 9.49.